The molecular formula is C6H5ClKNa3O7. The maximum atomic E-state index is 10.1. The largest absolute Gasteiger partial charge is 1.00 e. The number of carbonyl (C=O) groups excluding carboxylic acids is 3. The van der Waals surface area contributed by atoms with Crippen molar-refractivity contribution in [1.82, 2.24) is 0 Å². The van der Waals surface area contributed by atoms with Gasteiger partial charge in [0.05, 0.1) is 5.97 Å². The van der Waals surface area contributed by atoms with E-state index in [9.17, 15) is 29.7 Å². The summed E-state index contributed by atoms with van der Waals surface area (Å²) in [5.41, 5.74) is -2.97. The molecule has 0 heterocycles. The number of hydrogen-bond donors (Lipinski definition) is 1. The number of halogens is 1. The molecule has 82 valence electrons. The molecule has 0 radical (unpaired) electrons. The molecule has 0 aromatic carbocycles. The zero-order chi connectivity index (χ0) is 10.6. The molecule has 0 aromatic heterocycles. The number of aliphatic hydroxyl groups is 1. The van der Waals surface area contributed by atoms with Crippen LogP contribution in [-0.4, -0.2) is 28.6 Å². The number of hydrogen-bond acceptors (Lipinski definition) is 7. The third kappa shape index (κ3) is 17.3. The van der Waals surface area contributed by atoms with Gasteiger partial charge in [0.25, 0.3) is 0 Å². The van der Waals surface area contributed by atoms with Gasteiger partial charge in [-0.1, -0.05) is 0 Å². The molecule has 12 heteroatoms. The number of carboxylic acids is 3. The van der Waals surface area contributed by atoms with Gasteiger partial charge in [0.15, 0.2) is 0 Å². The Bertz CT molecular complexity index is 250. The molecule has 0 saturated heterocycles. The van der Waals surface area contributed by atoms with Crippen LogP contribution in [0.1, 0.15) is 12.8 Å². The van der Waals surface area contributed by atoms with Crippen LogP contribution >= 0.6 is 0 Å². The summed E-state index contributed by atoms with van der Waals surface area (Å²) in [6, 6.07) is 0. The second-order valence-corrected chi connectivity index (χ2v) is 2.42. The molecule has 1 N–H and O–H groups in total. The van der Waals surface area contributed by atoms with Crippen molar-refractivity contribution in [2.24, 2.45) is 0 Å². The fourth-order valence-corrected chi connectivity index (χ4v) is 0.684. The zero-order valence-corrected chi connectivity index (χ0v) is 20.6. The molecule has 0 atom stereocenters. The van der Waals surface area contributed by atoms with Crippen molar-refractivity contribution in [2.75, 3.05) is 0 Å². The monoisotopic (exact) mass is 332 g/mol. The summed E-state index contributed by atoms with van der Waals surface area (Å²) in [7, 11) is 0. The third-order valence-corrected chi connectivity index (χ3v) is 1.25. The van der Waals surface area contributed by atoms with E-state index in [1.165, 1.54) is 0 Å². The van der Waals surface area contributed by atoms with E-state index < -0.39 is 36.4 Å². The van der Waals surface area contributed by atoms with Crippen molar-refractivity contribution in [1.29, 1.82) is 0 Å². The normalized spacial score (nSPS) is 7.83. The van der Waals surface area contributed by atoms with Crippen molar-refractivity contribution in [3.8, 4) is 0 Å². The van der Waals surface area contributed by atoms with E-state index in [1.54, 1.807) is 0 Å². The Kier molecular flexibility index (Phi) is 38.2. The first-order valence-electron chi connectivity index (χ1n) is 3.11. The molecule has 0 spiro atoms. The van der Waals surface area contributed by atoms with E-state index in [0.29, 0.717) is 0 Å². The third-order valence-electron chi connectivity index (χ3n) is 1.25. The zero-order valence-electron chi connectivity index (χ0n) is 10.7. The van der Waals surface area contributed by atoms with Crippen molar-refractivity contribution in [2.45, 2.75) is 18.4 Å². The first-order chi connectivity index (χ1) is 5.78. The van der Waals surface area contributed by atoms with E-state index in [2.05, 4.69) is 0 Å². The average Bonchev–Trinajstić information content (AvgIpc) is 1.82. The fraction of sp³-hybridized carbons (Fsp3) is 0.500. The maximum Gasteiger partial charge on any atom is 1.00 e. The van der Waals surface area contributed by atoms with Crippen LogP contribution in [0.15, 0.2) is 0 Å². The molecule has 0 bridgehead atoms. The minimum Gasteiger partial charge on any atom is -1.00 e. The Hall–Kier alpha value is 3.30. The van der Waals surface area contributed by atoms with Gasteiger partial charge in [0.2, 0.25) is 0 Å². The number of carbonyl (C=O) groups is 3. The molecule has 18 heavy (non-hydrogen) atoms. The van der Waals surface area contributed by atoms with E-state index >= 15 is 0 Å². The Morgan fingerprint density at radius 1 is 0.889 bits per heavy atom. The fourth-order valence-electron chi connectivity index (χ4n) is 0.684. The summed E-state index contributed by atoms with van der Waals surface area (Å²) in [5.74, 6) is -5.98. The van der Waals surface area contributed by atoms with Crippen LogP contribution in [0.25, 0.3) is 0 Å². The molecule has 0 unspecified atom stereocenters. The van der Waals surface area contributed by atoms with Crippen LogP contribution in [-0.2, 0) is 14.4 Å². The smallest absolute Gasteiger partial charge is 1.00 e. The summed E-state index contributed by atoms with van der Waals surface area (Å²) in [6.45, 7) is 0. The molecule has 0 aliphatic heterocycles. The summed E-state index contributed by atoms with van der Waals surface area (Å²) in [6.07, 6.45) is -2.72. The molecule has 7 nitrogen and oxygen atoms in total. The molecular weight excluding hydrogens is 328 g/mol. The van der Waals surface area contributed by atoms with E-state index in [0.717, 1.165) is 0 Å². The number of rotatable bonds is 5. The minimum absolute atomic E-state index is 0. The standard InChI is InChI=1S/C6H8O7.ClH.K.3Na/c7-3(8)1-6(13,5(11)12)2-4(9)10;;;;;/h13H,1-2H2,(H,7,8)(H,9,10)(H,11,12);1H;;;;/q;;4*+1/p-4. The Morgan fingerprint density at radius 3 is 1.22 bits per heavy atom. The predicted octanol–water partition coefficient (Wildman–Crippen LogP) is -20.2. The molecule has 0 fully saturated rings. The van der Waals surface area contributed by atoms with Gasteiger partial charge in [-0.15, -0.1) is 0 Å². The van der Waals surface area contributed by atoms with Gasteiger partial charge in [-0.2, -0.15) is 0 Å². The second-order valence-electron chi connectivity index (χ2n) is 2.42. The Balaban J connectivity index is -0.0000000720. The Labute approximate surface area is 219 Å². The Morgan fingerprint density at radius 2 is 1.11 bits per heavy atom. The predicted molar refractivity (Wildman–Crippen MR) is 29.2 cm³/mol. The molecule has 0 aliphatic rings. The molecule has 0 rings (SSSR count). The first kappa shape index (κ1) is 37.5. The van der Waals surface area contributed by atoms with Crippen LogP contribution in [0.2, 0.25) is 0 Å². The van der Waals surface area contributed by atoms with Crippen LogP contribution in [0.5, 0.6) is 0 Å². The molecule has 0 aromatic rings. The van der Waals surface area contributed by atoms with Crippen LogP contribution in [0, 0.1) is 0 Å². The number of carboxylic acid groups (broad SMARTS) is 3. The van der Waals surface area contributed by atoms with Gasteiger partial charge in [-0.05, 0) is 0 Å². The topological polar surface area (TPSA) is 141 Å². The van der Waals surface area contributed by atoms with Gasteiger partial charge in [-0.25, -0.2) is 0 Å². The van der Waals surface area contributed by atoms with E-state index in [1.807, 2.05) is 0 Å². The van der Waals surface area contributed by atoms with Crippen LogP contribution in [0.4, 0.5) is 0 Å². The summed E-state index contributed by atoms with van der Waals surface area (Å²) < 4.78 is 0. The SMILES string of the molecule is O=C([O-])CC(O)(CC(=O)[O-])C(=O)[O-].[Cl-].[K+].[Na+].[Na+].[Na+]. The van der Waals surface area contributed by atoms with E-state index in [4.69, 9.17) is 5.11 Å². The molecule has 0 aliphatic carbocycles. The molecule has 0 saturated carbocycles. The van der Waals surface area contributed by atoms with Gasteiger partial charge in [0.1, 0.15) is 5.60 Å². The van der Waals surface area contributed by atoms with Gasteiger partial charge < -0.3 is 47.2 Å². The van der Waals surface area contributed by atoms with Crippen molar-refractivity contribution < 1.29 is 187 Å². The average molecular weight is 333 g/mol. The minimum atomic E-state index is -2.97. The van der Waals surface area contributed by atoms with Gasteiger partial charge >= 0.3 is 140 Å². The van der Waals surface area contributed by atoms with Crippen LogP contribution < -0.4 is 168 Å². The van der Waals surface area contributed by atoms with Gasteiger partial charge in [0, 0.05) is 24.8 Å². The van der Waals surface area contributed by atoms with Crippen molar-refractivity contribution >= 4 is 17.9 Å². The maximum absolute atomic E-state index is 10.1. The molecule has 0 amide bonds. The van der Waals surface area contributed by atoms with Crippen molar-refractivity contribution in [3.05, 3.63) is 0 Å². The summed E-state index contributed by atoms with van der Waals surface area (Å²) >= 11 is 0. The quantitative estimate of drug-likeness (QED) is 0.493. The number of aliphatic carboxylic acids is 3. The second kappa shape index (κ2) is 18.3. The van der Waals surface area contributed by atoms with Crippen molar-refractivity contribution in [3.63, 3.8) is 0 Å². The van der Waals surface area contributed by atoms with Gasteiger partial charge in [-0.3, -0.25) is 0 Å². The summed E-state index contributed by atoms with van der Waals surface area (Å²) in [5, 5.41) is 38.9. The van der Waals surface area contributed by atoms with E-state index in [-0.39, 0.29) is 152 Å². The first-order valence-corrected chi connectivity index (χ1v) is 3.11. The van der Waals surface area contributed by atoms with Crippen LogP contribution in [0.3, 0.4) is 0 Å². The summed E-state index contributed by atoms with van der Waals surface area (Å²) in [4.78, 5) is 30.0.